The molecule has 1 aromatic carbocycles. The molecule has 16 heavy (non-hydrogen) atoms. The number of ether oxygens (including phenoxy) is 1. The molecule has 88 valence electrons. The van der Waals surface area contributed by atoms with Crippen molar-refractivity contribution < 1.29 is 4.74 Å². The van der Waals surface area contributed by atoms with E-state index in [1.807, 2.05) is 0 Å². The van der Waals surface area contributed by atoms with Crippen molar-refractivity contribution in [1.29, 1.82) is 0 Å². The number of methoxy groups -OCH3 is 1. The van der Waals surface area contributed by atoms with Crippen molar-refractivity contribution in [3.05, 3.63) is 35.4 Å². The van der Waals surface area contributed by atoms with Gasteiger partial charge in [0.05, 0.1) is 6.61 Å². The summed E-state index contributed by atoms with van der Waals surface area (Å²) in [7, 11) is 1.73. The first-order chi connectivity index (χ1) is 7.83. The quantitative estimate of drug-likeness (QED) is 0.794. The van der Waals surface area contributed by atoms with Gasteiger partial charge in [0.2, 0.25) is 0 Å². The smallest absolute Gasteiger partial charge is 0.0713 e. The highest BCUT2D eigenvalue weighted by molar-refractivity contribution is 5.22. The third-order valence-corrected chi connectivity index (χ3v) is 3.35. The maximum absolute atomic E-state index is 5.09. The molecule has 0 radical (unpaired) electrons. The first-order valence-corrected chi connectivity index (χ1v) is 6.13. The zero-order chi connectivity index (χ0) is 11.4. The van der Waals surface area contributed by atoms with E-state index in [-0.39, 0.29) is 0 Å². The van der Waals surface area contributed by atoms with Crippen molar-refractivity contribution in [1.82, 2.24) is 5.32 Å². The zero-order valence-corrected chi connectivity index (χ0v) is 10.2. The summed E-state index contributed by atoms with van der Waals surface area (Å²) in [5.41, 5.74) is 2.60. The van der Waals surface area contributed by atoms with Gasteiger partial charge in [-0.05, 0) is 23.5 Å². The molecule has 2 nitrogen and oxygen atoms in total. The molecule has 0 heterocycles. The van der Waals surface area contributed by atoms with Crippen LogP contribution in [0, 0.1) is 5.92 Å². The van der Waals surface area contributed by atoms with E-state index < -0.39 is 0 Å². The maximum atomic E-state index is 5.09. The lowest BCUT2D eigenvalue weighted by Gasteiger charge is -2.05. The number of benzene rings is 1. The molecule has 2 atom stereocenters. The molecule has 1 fully saturated rings. The predicted molar refractivity (Wildman–Crippen MR) is 66.2 cm³/mol. The molecule has 2 rings (SSSR count). The summed E-state index contributed by atoms with van der Waals surface area (Å²) in [5, 5.41) is 3.59. The second-order valence-corrected chi connectivity index (χ2v) is 4.64. The molecule has 0 aromatic heterocycles. The van der Waals surface area contributed by atoms with E-state index >= 15 is 0 Å². The van der Waals surface area contributed by atoms with Crippen molar-refractivity contribution in [2.45, 2.75) is 39.0 Å². The molecule has 1 aromatic rings. The van der Waals surface area contributed by atoms with E-state index in [0.29, 0.717) is 6.61 Å². The van der Waals surface area contributed by atoms with Crippen LogP contribution in [0.25, 0.3) is 0 Å². The number of nitrogens with one attached hydrogen (secondary N) is 1. The van der Waals surface area contributed by atoms with Crippen molar-refractivity contribution >= 4 is 0 Å². The predicted octanol–water partition coefficient (Wildman–Crippen LogP) is 2.72. The minimum absolute atomic E-state index is 0.703. The molecule has 1 N–H and O–H groups in total. The standard InChI is InChI=1S/C14H21NO/c1-3-13-8-14(13)15-9-11-4-6-12(7-5-11)10-16-2/h4-7,13-15H,3,8-10H2,1-2H3. The SMILES string of the molecule is CCC1CC1NCc1ccc(COC)cc1. The lowest BCUT2D eigenvalue weighted by atomic mass is 10.1. The fourth-order valence-electron chi connectivity index (χ4n) is 2.12. The number of hydrogen-bond acceptors (Lipinski definition) is 2. The first kappa shape index (κ1) is 11.6. The molecule has 0 aliphatic heterocycles. The van der Waals surface area contributed by atoms with Crippen LogP contribution in [0.1, 0.15) is 30.9 Å². The highest BCUT2D eigenvalue weighted by Gasteiger charge is 2.34. The van der Waals surface area contributed by atoms with E-state index in [1.165, 1.54) is 24.0 Å². The Morgan fingerprint density at radius 1 is 1.25 bits per heavy atom. The lowest BCUT2D eigenvalue weighted by Crippen LogP contribution is -2.17. The van der Waals surface area contributed by atoms with Gasteiger partial charge in [-0.15, -0.1) is 0 Å². The normalized spacial score (nSPS) is 23.4. The van der Waals surface area contributed by atoms with E-state index in [4.69, 9.17) is 4.74 Å². The van der Waals surface area contributed by atoms with Crippen LogP contribution in [0.15, 0.2) is 24.3 Å². The minimum atomic E-state index is 0.703. The Morgan fingerprint density at radius 2 is 1.94 bits per heavy atom. The maximum Gasteiger partial charge on any atom is 0.0713 e. The summed E-state index contributed by atoms with van der Waals surface area (Å²) >= 11 is 0. The average molecular weight is 219 g/mol. The van der Waals surface area contributed by atoms with Crippen LogP contribution >= 0.6 is 0 Å². The second-order valence-electron chi connectivity index (χ2n) is 4.64. The Bertz CT molecular complexity index is 320. The minimum Gasteiger partial charge on any atom is -0.380 e. The molecule has 1 saturated carbocycles. The van der Waals surface area contributed by atoms with Crippen LogP contribution in [0.4, 0.5) is 0 Å². The number of hydrogen-bond donors (Lipinski definition) is 1. The van der Waals surface area contributed by atoms with Crippen LogP contribution < -0.4 is 5.32 Å². The van der Waals surface area contributed by atoms with Crippen LogP contribution in [-0.2, 0) is 17.9 Å². The van der Waals surface area contributed by atoms with E-state index in [0.717, 1.165) is 18.5 Å². The molecule has 0 amide bonds. The van der Waals surface area contributed by atoms with E-state index in [1.54, 1.807) is 7.11 Å². The Balaban J connectivity index is 1.77. The molecular weight excluding hydrogens is 198 g/mol. The topological polar surface area (TPSA) is 21.3 Å². The van der Waals surface area contributed by atoms with Gasteiger partial charge in [-0.25, -0.2) is 0 Å². The Morgan fingerprint density at radius 3 is 2.50 bits per heavy atom. The van der Waals surface area contributed by atoms with Crippen molar-refractivity contribution in [2.24, 2.45) is 5.92 Å². The summed E-state index contributed by atoms with van der Waals surface area (Å²) in [6.45, 7) is 3.97. The van der Waals surface area contributed by atoms with Gasteiger partial charge in [0.15, 0.2) is 0 Å². The molecule has 2 heteroatoms. The monoisotopic (exact) mass is 219 g/mol. The van der Waals surface area contributed by atoms with E-state index in [9.17, 15) is 0 Å². The van der Waals surface area contributed by atoms with Gasteiger partial charge >= 0.3 is 0 Å². The zero-order valence-electron chi connectivity index (χ0n) is 10.2. The molecule has 2 unspecified atom stereocenters. The van der Waals surface area contributed by atoms with E-state index in [2.05, 4.69) is 36.5 Å². The Kier molecular flexibility index (Phi) is 3.97. The van der Waals surface area contributed by atoms with Crippen molar-refractivity contribution in [2.75, 3.05) is 7.11 Å². The second kappa shape index (κ2) is 5.46. The van der Waals surface area contributed by atoms with Crippen LogP contribution in [0.5, 0.6) is 0 Å². The van der Waals surface area contributed by atoms with Gasteiger partial charge < -0.3 is 10.1 Å². The molecule has 1 aliphatic carbocycles. The third kappa shape index (κ3) is 3.06. The Labute approximate surface area is 98.0 Å². The van der Waals surface area contributed by atoms with Gasteiger partial charge in [-0.3, -0.25) is 0 Å². The highest BCUT2D eigenvalue weighted by Crippen LogP contribution is 2.33. The Hall–Kier alpha value is -0.860. The molecular formula is C14H21NO. The van der Waals surface area contributed by atoms with Crippen LogP contribution in [0.3, 0.4) is 0 Å². The molecule has 0 bridgehead atoms. The van der Waals surface area contributed by atoms with Crippen molar-refractivity contribution in [3.8, 4) is 0 Å². The summed E-state index contributed by atoms with van der Waals surface area (Å²) in [4.78, 5) is 0. The highest BCUT2D eigenvalue weighted by atomic mass is 16.5. The summed E-state index contributed by atoms with van der Waals surface area (Å²) in [6.07, 6.45) is 2.67. The van der Waals surface area contributed by atoms with Gasteiger partial charge in [0.25, 0.3) is 0 Å². The largest absolute Gasteiger partial charge is 0.380 e. The fraction of sp³-hybridized carbons (Fsp3) is 0.571. The van der Waals surface area contributed by atoms with Gasteiger partial charge in [-0.1, -0.05) is 37.6 Å². The van der Waals surface area contributed by atoms with Crippen molar-refractivity contribution in [3.63, 3.8) is 0 Å². The van der Waals surface area contributed by atoms with Gasteiger partial charge in [-0.2, -0.15) is 0 Å². The average Bonchev–Trinajstić information content (AvgIpc) is 3.07. The van der Waals surface area contributed by atoms with Gasteiger partial charge in [0.1, 0.15) is 0 Å². The van der Waals surface area contributed by atoms with Crippen LogP contribution in [-0.4, -0.2) is 13.2 Å². The summed E-state index contributed by atoms with van der Waals surface area (Å²) in [6, 6.07) is 9.42. The molecule has 0 spiro atoms. The third-order valence-electron chi connectivity index (χ3n) is 3.35. The number of rotatable bonds is 6. The lowest BCUT2D eigenvalue weighted by molar-refractivity contribution is 0.185. The molecule has 1 aliphatic rings. The summed E-state index contributed by atoms with van der Waals surface area (Å²) in [5.74, 6) is 0.924. The fourth-order valence-corrected chi connectivity index (χ4v) is 2.12. The van der Waals surface area contributed by atoms with Gasteiger partial charge in [0, 0.05) is 19.7 Å². The van der Waals surface area contributed by atoms with Crippen LogP contribution in [0.2, 0.25) is 0 Å². The first-order valence-electron chi connectivity index (χ1n) is 6.13. The summed E-state index contributed by atoms with van der Waals surface area (Å²) < 4.78 is 5.09. The molecule has 0 saturated heterocycles.